The number of carbonyl (C=O) groups is 2. The summed E-state index contributed by atoms with van der Waals surface area (Å²) in [6.07, 6.45) is 0. The highest BCUT2D eigenvalue weighted by Crippen LogP contribution is 2.19. The van der Waals surface area contributed by atoms with Gasteiger partial charge in [-0.3, -0.25) is 4.79 Å². The average Bonchev–Trinajstić information content (AvgIpc) is 2.76. The summed E-state index contributed by atoms with van der Waals surface area (Å²) in [5, 5.41) is 11.1. The lowest BCUT2D eigenvalue weighted by Crippen LogP contribution is -2.11. The standard InChI is InChI=1S/C12H7ClFNO4/c13-6-3-7(14)5-8(4-6)15-11(16)9-1-2-10(19-9)12(17)18/h1-5H,(H,15,16)(H,17,18). The molecule has 1 aromatic carbocycles. The molecular formula is C12H7ClFNO4. The lowest BCUT2D eigenvalue weighted by Gasteiger charge is -2.03. The van der Waals surface area contributed by atoms with Gasteiger partial charge in [0.25, 0.3) is 5.91 Å². The van der Waals surface area contributed by atoms with Crippen molar-refractivity contribution in [3.63, 3.8) is 0 Å². The van der Waals surface area contributed by atoms with Gasteiger partial charge in [0.2, 0.25) is 5.76 Å². The minimum atomic E-state index is -1.28. The molecule has 1 amide bonds. The molecule has 0 spiro atoms. The quantitative estimate of drug-likeness (QED) is 0.907. The molecule has 2 N–H and O–H groups in total. The van der Waals surface area contributed by atoms with E-state index in [4.69, 9.17) is 21.1 Å². The lowest BCUT2D eigenvalue weighted by molar-refractivity contribution is 0.0660. The third-order valence-electron chi connectivity index (χ3n) is 2.16. The van der Waals surface area contributed by atoms with Gasteiger partial charge in [-0.25, -0.2) is 9.18 Å². The molecule has 1 aromatic heterocycles. The van der Waals surface area contributed by atoms with Gasteiger partial charge in [-0.2, -0.15) is 0 Å². The Bertz CT molecular complexity index is 633. The first-order valence-corrected chi connectivity index (χ1v) is 5.44. The van der Waals surface area contributed by atoms with Crippen molar-refractivity contribution in [3.05, 3.63) is 52.7 Å². The zero-order valence-electron chi connectivity index (χ0n) is 9.31. The van der Waals surface area contributed by atoms with Gasteiger partial charge in [0.1, 0.15) is 5.82 Å². The summed E-state index contributed by atoms with van der Waals surface area (Å²) in [7, 11) is 0. The average molecular weight is 284 g/mol. The van der Waals surface area contributed by atoms with Crippen LogP contribution in [-0.4, -0.2) is 17.0 Å². The number of nitrogens with one attached hydrogen (secondary N) is 1. The Hall–Kier alpha value is -2.34. The summed E-state index contributed by atoms with van der Waals surface area (Å²) in [5.74, 6) is -3.14. The van der Waals surface area contributed by atoms with Crippen molar-refractivity contribution in [2.45, 2.75) is 0 Å². The first kappa shape index (κ1) is 13.1. The second-order valence-corrected chi connectivity index (χ2v) is 4.02. The van der Waals surface area contributed by atoms with Crippen LogP contribution in [0.4, 0.5) is 10.1 Å². The Morgan fingerprint density at radius 2 is 1.89 bits per heavy atom. The van der Waals surface area contributed by atoms with E-state index in [0.717, 1.165) is 18.2 Å². The summed E-state index contributed by atoms with van der Waals surface area (Å²) in [6.45, 7) is 0. The number of carboxylic acids is 1. The van der Waals surface area contributed by atoms with E-state index in [9.17, 15) is 14.0 Å². The van der Waals surface area contributed by atoms with E-state index in [1.54, 1.807) is 0 Å². The number of aromatic carboxylic acids is 1. The molecule has 1 heterocycles. The molecule has 0 saturated carbocycles. The molecule has 0 aliphatic rings. The maximum atomic E-state index is 13.1. The molecule has 0 atom stereocenters. The number of carbonyl (C=O) groups excluding carboxylic acids is 1. The van der Waals surface area contributed by atoms with E-state index >= 15 is 0 Å². The smallest absolute Gasteiger partial charge is 0.371 e. The molecule has 0 bridgehead atoms. The van der Waals surface area contributed by atoms with Gasteiger partial charge in [-0.1, -0.05) is 11.6 Å². The van der Waals surface area contributed by atoms with Crippen LogP contribution in [0.3, 0.4) is 0 Å². The van der Waals surface area contributed by atoms with Crippen LogP contribution >= 0.6 is 11.6 Å². The zero-order chi connectivity index (χ0) is 14.0. The van der Waals surface area contributed by atoms with Gasteiger partial charge in [-0.05, 0) is 30.3 Å². The van der Waals surface area contributed by atoms with Crippen LogP contribution < -0.4 is 5.32 Å². The van der Waals surface area contributed by atoms with Gasteiger partial charge in [0.15, 0.2) is 5.76 Å². The fraction of sp³-hybridized carbons (Fsp3) is 0. The Labute approximate surface area is 111 Å². The topological polar surface area (TPSA) is 79.5 Å². The minimum Gasteiger partial charge on any atom is -0.475 e. The summed E-state index contributed by atoms with van der Waals surface area (Å²) in [5.41, 5.74) is 0.142. The minimum absolute atomic E-state index is 0.126. The third kappa shape index (κ3) is 3.11. The number of hydrogen-bond acceptors (Lipinski definition) is 3. The summed E-state index contributed by atoms with van der Waals surface area (Å²) in [4.78, 5) is 22.3. The van der Waals surface area contributed by atoms with E-state index in [-0.39, 0.29) is 22.2 Å². The van der Waals surface area contributed by atoms with Crippen LogP contribution in [0, 0.1) is 5.82 Å². The van der Waals surface area contributed by atoms with Gasteiger partial charge >= 0.3 is 5.97 Å². The Kier molecular flexibility index (Phi) is 3.52. The Morgan fingerprint density at radius 1 is 1.21 bits per heavy atom. The lowest BCUT2D eigenvalue weighted by atomic mass is 10.3. The Morgan fingerprint density at radius 3 is 2.47 bits per heavy atom. The summed E-state index contributed by atoms with van der Waals surface area (Å²) < 4.78 is 17.9. The highest BCUT2D eigenvalue weighted by atomic mass is 35.5. The van der Waals surface area contributed by atoms with Crippen molar-refractivity contribution >= 4 is 29.2 Å². The van der Waals surface area contributed by atoms with Crippen LogP contribution in [0.2, 0.25) is 5.02 Å². The number of hydrogen-bond donors (Lipinski definition) is 2. The van der Waals surface area contributed by atoms with E-state index in [1.165, 1.54) is 12.1 Å². The van der Waals surface area contributed by atoms with Crippen molar-refractivity contribution in [2.24, 2.45) is 0 Å². The van der Waals surface area contributed by atoms with Crippen LogP contribution in [0.25, 0.3) is 0 Å². The van der Waals surface area contributed by atoms with E-state index in [2.05, 4.69) is 5.32 Å². The molecule has 2 rings (SSSR count). The van der Waals surface area contributed by atoms with Crippen molar-refractivity contribution in [3.8, 4) is 0 Å². The number of halogens is 2. The molecule has 0 fully saturated rings. The normalized spacial score (nSPS) is 10.2. The zero-order valence-corrected chi connectivity index (χ0v) is 10.1. The Balaban J connectivity index is 2.18. The highest BCUT2D eigenvalue weighted by molar-refractivity contribution is 6.31. The van der Waals surface area contributed by atoms with Crippen molar-refractivity contribution in [1.82, 2.24) is 0 Å². The number of rotatable bonds is 3. The number of amides is 1. The number of furan rings is 1. The SMILES string of the molecule is O=C(O)c1ccc(C(=O)Nc2cc(F)cc(Cl)c2)o1. The number of anilines is 1. The van der Waals surface area contributed by atoms with Crippen LogP contribution in [-0.2, 0) is 0 Å². The largest absolute Gasteiger partial charge is 0.475 e. The van der Waals surface area contributed by atoms with E-state index in [0.29, 0.717) is 0 Å². The monoisotopic (exact) mass is 283 g/mol. The highest BCUT2D eigenvalue weighted by Gasteiger charge is 2.15. The second kappa shape index (κ2) is 5.11. The van der Waals surface area contributed by atoms with Crippen molar-refractivity contribution in [1.29, 1.82) is 0 Å². The van der Waals surface area contributed by atoms with Gasteiger partial charge in [0.05, 0.1) is 0 Å². The molecule has 0 radical (unpaired) electrons. The molecule has 98 valence electrons. The number of carboxylic acid groups (broad SMARTS) is 1. The fourth-order valence-corrected chi connectivity index (χ4v) is 1.62. The molecule has 19 heavy (non-hydrogen) atoms. The van der Waals surface area contributed by atoms with Crippen LogP contribution in [0.15, 0.2) is 34.7 Å². The third-order valence-corrected chi connectivity index (χ3v) is 2.38. The van der Waals surface area contributed by atoms with Crippen LogP contribution in [0.1, 0.15) is 21.1 Å². The molecular weight excluding hydrogens is 277 g/mol. The molecule has 0 unspecified atom stereocenters. The van der Waals surface area contributed by atoms with E-state index in [1.807, 2.05) is 0 Å². The van der Waals surface area contributed by atoms with Crippen molar-refractivity contribution < 1.29 is 23.5 Å². The summed E-state index contributed by atoms with van der Waals surface area (Å²) >= 11 is 5.63. The van der Waals surface area contributed by atoms with Crippen LogP contribution in [0.5, 0.6) is 0 Å². The summed E-state index contributed by atoms with van der Waals surface area (Å²) in [6, 6.07) is 5.87. The first-order chi connectivity index (χ1) is 8.95. The fourth-order valence-electron chi connectivity index (χ4n) is 1.39. The first-order valence-electron chi connectivity index (χ1n) is 5.06. The van der Waals surface area contributed by atoms with Gasteiger partial charge in [-0.15, -0.1) is 0 Å². The molecule has 7 heteroatoms. The number of benzene rings is 1. The second-order valence-electron chi connectivity index (χ2n) is 3.58. The molecule has 5 nitrogen and oxygen atoms in total. The van der Waals surface area contributed by atoms with Gasteiger partial charge < -0.3 is 14.8 Å². The molecule has 2 aromatic rings. The van der Waals surface area contributed by atoms with Crippen molar-refractivity contribution in [2.75, 3.05) is 5.32 Å². The van der Waals surface area contributed by atoms with Gasteiger partial charge in [0, 0.05) is 10.7 Å². The van der Waals surface area contributed by atoms with E-state index < -0.39 is 17.7 Å². The maximum absolute atomic E-state index is 13.1. The molecule has 0 aliphatic heterocycles. The molecule has 0 aliphatic carbocycles. The molecule has 0 saturated heterocycles. The predicted molar refractivity (Wildman–Crippen MR) is 65.0 cm³/mol. The predicted octanol–water partition coefficient (Wildman–Crippen LogP) is 3.02. The maximum Gasteiger partial charge on any atom is 0.371 e.